The van der Waals surface area contributed by atoms with Crippen molar-refractivity contribution in [1.29, 1.82) is 0 Å². The molecule has 0 aliphatic carbocycles. The van der Waals surface area contributed by atoms with Gasteiger partial charge in [0.1, 0.15) is 5.76 Å². The Morgan fingerprint density at radius 2 is 2.00 bits per heavy atom. The van der Waals surface area contributed by atoms with Gasteiger partial charge in [-0.1, -0.05) is 45.4 Å². The van der Waals surface area contributed by atoms with E-state index in [0.717, 1.165) is 49.2 Å². The number of unbranched alkanes of at least 4 members (excludes halogenated alkanes) is 1. The van der Waals surface area contributed by atoms with Crippen molar-refractivity contribution in [2.24, 2.45) is 0 Å². The molecule has 0 bridgehead atoms. The maximum Gasteiger partial charge on any atom is 0.119 e. The van der Waals surface area contributed by atoms with E-state index < -0.39 is 0 Å². The predicted octanol–water partition coefficient (Wildman–Crippen LogP) is 3.92. The van der Waals surface area contributed by atoms with Crippen LogP contribution in [0.25, 0.3) is 5.76 Å². The Morgan fingerprint density at radius 1 is 1.22 bits per heavy atom. The van der Waals surface area contributed by atoms with Crippen molar-refractivity contribution in [3.8, 4) is 0 Å². The Balaban J connectivity index is 2.76. The van der Waals surface area contributed by atoms with E-state index in [1.165, 1.54) is 5.56 Å². The minimum absolute atomic E-state index is 0.0960. The van der Waals surface area contributed by atoms with Crippen molar-refractivity contribution >= 4 is 5.76 Å². The first kappa shape index (κ1) is 14.8. The molecule has 0 unspecified atom stereocenters. The summed E-state index contributed by atoms with van der Waals surface area (Å²) in [5.41, 5.74) is 3.21. The number of benzene rings is 1. The quantitative estimate of drug-likeness (QED) is 0.558. The number of ether oxygens (including phenoxy) is 1. The highest BCUT2D eigenvalue weighted by atomic mass is 16.5. The van der Waals surface area contributed by atoms with E-state index in [9.17, 15) is 5.11 Å². The number of hydrogen-bond acceptors (Lipinski definition) is 2. The van der Waals surface area contributed by atoms with Crippen LogP contribution in [0, 0.1) is 0 Å². The molecule has 2 heteroatoms. The number of rotatable bonds is 8. The minimum Gasteiger partial charge on any atom is -0.494 e. The highest BCUT2D eigenvalue weighted by molar-refractivity contribution is 5.59. The summed E-state index contributed by atoms with van der Waals surface area (Å²) in [6, 6.07) is 6.02. The molecule has 0 saturated heterocycles. The summed E-state index contributed by atoms with van der Waals surface area (Å²) < 4.78 is 5.62. The van der Waals surface area contributed by atoms with E-state index in [1.807, 2.05) is 12.1 Å². The van der Waals surface area contributed by atoms with E-state index in [0.29, 0.717) is 0 Å². The fourth-order valence-corrected chi connectivity index (χ4v) is 1.88. The summed E-state index contributed by atoms with van der Waals surface area (Å²) in [6.45, 7) is 9.07. The topological polar surface area (TPSA) is 29.5 Å². The standard InChI is InChI=1S/C16H24O2/c1-4-6-10-18-13(3)14-8-9-16(12-17)15(11-14)7-5-2/h8-9,11,17H,3-7,10,12H2,1-2H3. The number of aliphatic hydroxyl groups is 1. The monoisotopic (exact) mass is 248 g/mol. The molecule has 1 rings (SSSR count). The van der Waals surface area contributed by atoms with Crippen LogP contribution in [-0.4, -0.2) is 11.7 Å². The summed E-state index contributed by atoms with van der Waals surface area (Å²) in [6.07, 6.45) is 4.22. The lowest BCUT2D eigenvalue weighted by molar-refractivity contribution is 0.270. The third kappa shape index (κ3) is 4.19. The summed E-state index contributed by atoms with van der Waals surface area (Å²) >= 11 is 0. The Hall–Kier alpha value is -1.28. The third-order valence-corrected chi connectivity index (χ3v) is 2.99. The van der Waals surface area contributed by atoms with Crippen molar-refractivity contribution in [3.63, 3.8) is 0 Å². The highest BCUT2D eigenvalue weighted by Crippen LogP contribution is 2.20. The summed E-state index contributed by atoms with van der Waals surface area (Å²) in [5, 5.41) is 9.29. The molecule has 0 fully saturated rings. The van der Waals surface area contributed by atoms with Gasteiger partial charge >= 0.3 is 0 Å². The molecule has 0 heterocycles. The second-order valence-corrected chi connectivity index (χ2v) is 4.52. The predicted molar refractivity (Wildman–Crippen MR) is 76.3 cm³/mol. The Morgan fingerprint density at radius 3 is 2.61 bits per heavy atom. The Labute approximate surface area is 110 Å². The first-order chi connectivity index (χ1) is 8.72. The van der Waals surface area contributed by atoms with Crippen LogP contribution in [0.15, 0.2) is 24.8 Å². The van der Waals surface area contributed by atoms with Gasteiger partial charge in [-0.15, -0.1) is 0 Å². The second kappa shape index (κ2) is 7.93. The van der Waals surface area contributed by atoms with Crippen LogP contribution in [0.5, 0.6) is 0 Å². The van der Waals surface area contributed by atoms with Gasteiger partial charge in [0.2, 0.25) is 0 Å². The third-order valence-electron chi connectivity index (χ3n) is 2.99. The van der Waals surface area contributed by atoms with Gasteiger partial charge in [-0.3, -0.25) is 0 Å². The van der Waals surface area contributed by atoms with Crippen LogP contribution < -0.4 is 0 Å². The average molecular weight is 248 g/mol. The van der Waals surface area contributed by atoms with Gasteiger partial charge in [0.05, 0.1) is 13.2 Å². The molecule has 0 saturated carbocycles. The zero-order chi connectivity index (χ0) is 13.4. The van der Waals surface area contributed by atoms with Crippen LogP contribution in [-0.2, 0) is 17.8 Å². The van der Waals surface area contributed by atoms with Crippen molar-refractivity contribution in [2.75, 3.05) is 6.61 Å². The molecule has 0 atom stereocenters. The molecule has 0 radical (unpaired) electrons. The molecule has 1 aromatic rings. The number of aliphatic hydroxyl groups excluding tert-OH is 1. The van der Waals surface area contributed by atoms with Gasteiger partial charge in [0.15, 0.2) is 0 Å². The highest BCUT2D eigenvalue weighted by Gasteiger charge is 2.06. The molecule has 2 nitrogen and oxygen atoms in total. The molecule has 1 aromatic carbocycles. The molecule has 0 aliphatic heterocycles. The Bertz CT molecular complexity index is 383. The van der Waals surface area contributed by atoms with E-state index in [2.05, 4.69) is 26.5 Å². The van der Waals surface area contributed by atoms with Gasteiger partial charge in [-0.2, -0.15) is 0 Å². The lowest BCUT2D eigenvalue weighted by Crippen LogP contribution is -1.98. The van der Waals surface area contributed by atoms with Gasteiger partial charge in [0.25, 0.3) is 0 Å². The molecular formula is C16H24O2. The van der Waals surface area contributed by atoms with Crippen LogP contribution >= 0.6 is 0 Å². The SMILES string of the molecule is C=C(OCCCC)c1ccc(CO)c(CCC)c1. The largest absolute Gasteiger partial charge is 0.494 e. The molecule has 100 valence electrons. The fourth-order valence-electron chi connectivity index (χ4n) is 1.88. The van der Waals surface area contributed by atoms with Crippen LogP contribution in [0.4, 0.5) is 0 Å². The number of hydrogen-bond donors (Lipinski definition) is 1. The fraction of sp³-hybridized carbons (Fsp3) is 0.500. The van der Waals surface area contributed by atoms with E-state index in [1.54, 1.807) is 0 Å². The number of aryl methyl sites for hydroxylation is 1. The molecular weight excluding hydrogens is 224 g/mol. The zero-order valence-corrected chi connectivity index (χ0v) is 11.5. The molecule has 1 N–H and O–H groups in total. The average Bonchev–Trinajstić information content (AvgIpc) is 2.39. The minimum atomic E-state index is 0.0960. The second-order valence-electron chi connectivity index (χ2n) is 4.52. The first-order valence-corrected chi connectivity index (χ1v) is 6.77. The zero-order valence-electron chi connectivity index (χ0n) is 11.5. The van der Waals surface area contributed by atoms with Crippen LogP contribution in [0.2, 0.25) is 0 Å². The van der Waals surface area contributed by atoms with Crippen molar-refractivity contribution in [1.82, 2.24) is 0 Å². The van der Waals surface area contributed by atoms with E-state index in [4.69, 9.17) is 4.74 Å². The maximum atomic E-state index is 9.29. The van der Waals surface area contributed by atoms with Crippen molar-refractivity contribution in [2.45, 2.75) is 46.1 Å². The molecule has 0 spiro atoms. The van der Waals surface area contributed by atoms with E-state index in [-0.39, 0.29) is 6.61 Å². The molecule has 0 aliphatic rings. The van der Waals surface area contributed by atoms with Gasteiger partial charge < -0.3 is 9.84 Å². The van der Waals surface area contributed by atoms with Crippen molar-refractivity contribution in [3.05, 3.63) is 41.5 Å². The van der Waals surface area contributed by atoms with Gasteiger partial charge in [-0.05, 0) is 30.0 Å². The van der Waals surface area contributed by atoms with Crippen molar-refractivity contribution < 1.29 is 9.84 Å². The van der Waals surface area contributed by atoms with Gasteiger partial charge in [-0.25, -0.2) is 0 Å². The lowest BCUT2D eigenvalue weighted by atomic mass is 10.00. The van der Waals surface area contributed by atoms with Crippen LogP contribution in [0.3, 0.4) is 0 Å². The van der Waals surface area contributed by atoms with Crippen LogP contribution in [0.1, 0.15) is 49.8 Å². The first-order valence-electron chi connectivity index (χ1n) is 6.77. The summed E-state index contributed by atoms with van der Waals surface area (Å²) in [5.74, 6) is 0.727. The normalized spacial score (nSPS) is 10.4. The maximum absolute atomic E-state index is 9.29. The van der Waals surface area contributed by atoms with Gasteiger partial charge in [0, 0.05) is 5.56 Å². The molecule has 0 amide bonds. The smallest absolute Gasteiger partial charge is 0.119 e. The summed E-state index contributed by atoms with van der Waals surface area (Å²) in [7, 11) is 0. The molecule has 0 aromatic heterocycles. The summed E-state index contributed by atoms with van der Waals surface area (Å²) in [4.78, 5) is 0. The van der Waals surface area contributed by atoms with E-state index >= 15 is 0 Å². The lowest BCUT2D eigenvalue weighted by Gasteiger charge is -2.12. The molecule has 18 heavy (non-hydrogen) atoms. The Kier molecular flexibility index (Phi) is 6.51.